The summed E-state index contributed by atoms with van der Waals surface area (Å²) in [6.45, 7) is 1.68. The second kappa shape index (κ2) is 13.0. The van der Waals surface area contributed by atoms with Gasteiger partial charge in [-0.25, -0.2) is 9.69 Å². The van der Waals surface area contributed by atoms with Crippen molar-refractivity contribution in [2.24, 2.45) is 5.92 Å². The average molecular weight is 693 g/mol. The summed E-state index contributed by atoms with van der Waals surface area (Å²) in [5, 5.41) is 4.59. The van der Waals surface area contributed by atoms with Crippen molar-refractivity contribution in [3.63, 3.8) is 0 Å². The number of thiazole rings is 1. The standard InChI is InChI=1S/C37H32N4O6S2/c1-4-47-36(45)23-12-17-27(18-13-23)41-33(43)30-29(22-10-15-26(16-11-22)39(2)3)32-35(48-31(30)34(41)44)40(37(46)49-32)20-28(42)38-25-14-9-21-7-5-6-8-24(21)19-25/h5-19,29-31H,4,20H2,1-3H3,(H,38,42)/t29-,30-,31+/m0/s1. The summed E-state index contributed by atoms with van der Waals surface area (Å²) >= 11 is 2.16. The molecule has 4 aromatic carbocycles. The number of amides is 3. The van der Waals surface area contributed by atoms with Gasteiger partial charge >= 0.3 is 10.8 Å². The van der Waals surface area contributed by atoms with Crippen LogP contribution in [0, 0.1) is 5.92 Å². The first-order valence-corrected chi connectivity index (χ1v) is 17.5. The maximum Gasteiger partial charge on any atom is 0.338 e. The maximum atomic E-state index is 14.3. The first kappa shape index (κ1) is 32.4. The Kier molecular flexibility index (Phi) is 8.59. The average Bonchev–Trinajstić information content (AvgIpc) is 3.54. The molecule has 0 saturated carbocycles. The lowest BCUT2D eigenvalue weighted by Gasteiger charge is -2.31. The molecule has 1 fully saturated rings. The number of fused-ring (bicyclic) bond motifs is 3. The number of nitrogens with zero attached hydrogens (tertiary/aromatic N) is 3. The van der Waals surface area contributed by atoms with Crippen molar-refractivity contribution < 1.29 is 23.9 Å². The minimum absolute atomic E-state index is 0.224. The minimum Gasteiger partial charge on any atom is -0.462 e. The second-order valence-electron chi connectivity index (χ2n) is 12.0. The van der Waals surface area contributed by atoms with Crippen molar-refractivity contribution in [3.05, 3.63) is 117 Å². The van der Waals surface area contributed by atoms with Crippen LogP contribution < -0.4 is 20.0 Å². The van der Waals surface area contributed by atoms with Crippen LogP contribution in [-0.2, 0) is 25.7 Å². The van der Waals surface area contributed by atoms with Crippen LogP contribution in [0.3, 0.4) is 0 Å². The number of thioether (sulfide) groups is 1. The highest BCUT2D eigenvalue weighted by molar-refractivity contribution is 8.00. The van der Waals surface area contributed by atoms with E-state index >= 15 is 0 Å². The van der Waals surface area contributed by atoms with E-state index in [4.69, 9.17) is 4.74 Å². The highest BCUT2D eigenvalue weighted by Gasteiger charge is 2.56. The van der Waals surface area contributed by atoms with Crippen LogP contribution in [0.15, 0.2) is 101 Å². The molecule has 248 valence electrons. The lowest BCUT2D eigenvalue weighted by Crippen LogP contribution is -2.33. The van der Waals surface area contributed by atoms with Gasteiger partial charge < -0.3 is 15.0 Å². The normalized spacial score (nSPS) is 18.3. The fraction of sp³-hybridized carbons (Fsp3) is 0.216. The van der Waals surface area contributed by atoms with Gasteiger partial charge in [0.2, 0.25) is 17.7 Å². The zero-order valence-electron chi connectivity index (χ0n) is 26.9. The van der Waals surface area contributed by atoms with Crippen LogP contribution in [0.5, 0.6) is 0 Å². The lowest BCUT2D eigenvalue weighted by molar-refractivity contribution is -0.122. The number of carbonyl (C=O) groups excluding carboxylic acids is 4. The van der Waals surface area contributed by atoms with Crippen molar-refractivity contribution in [2.75, 3.05) is 35.8 Å². The minimum atomic E-state index is -0.841. The van der Waals surface area contributed by atoms with Gasteiger partial charge in [-0.3, -0.25) is 23.7 Å². The molecule has 1 N–H and O–H groups in total. The van der Waals surface area contributed by atoms with Gasteiger partial charge in [-0.05, 0) is 71.8 Å². The Bertz CT molecular complexity index is 2170. The van der Waals surface area contributed by atoms with E-state index in [9.17, 15) is 24.0 Å². The first-order chi connectivity index (χ1) is 23.6. The monoisotopic (exact) mass is 692 g/mol. The van der Waals surface area contributed by atoms with Gasteiger partial charge in [0.25, 0.3) is 0 Å². The number of nitrogens with one attached hydrogen (secondary N) is 1. The van der Waals surface area contributed by atoms with E-state index in [0.717, 1.165) is 45.1 Å². The van der Waals surface area contributed by atoms with E-state index in [1.807, 2.05) is 85.7 Å². The van der Waals surface area contributed by atoms with Crippen molar-refractivity contribution in [1.82, 2.24) is 4.57 Å². The third-order valence-electron chi connectivity index (χ3n) is 8.79. The van der Waals surface area contributed by atoms with Crippen LogP contribution in [0.1, 0.15) is 33.6 Å². The largest absolute Gasteiger partial charge is 0.462 e. The van der Waals surface area contributed by atoms with Gasteiger partial charge in [0.15, 0.2) is 0 Å². The number of hydrogen-bond acceptors (Lipinski definition) is 9. The zero-order chi connectivity index (χ0) is 34.4. The van der Waals surface area contributed by atoms with E-state index in [-0.39, 0.29) is 29.8 Å². The lowest BCUT2D eigenvalue weighted by atomic mass is 9.83. The summed E-state index contributed by atoms with van der Waals surface area (Å²) < 4.78 is 6.49. The van der Waals surface area contributed by atoms with E-state index in [2.05, 4.69) is 5.32 Å². The van der Waals surface area contributed by atoms with Gasteiger partial charge in [0, 0.05) is 36.3 Å². The van der Waals surface area contributed by atoms with Crippen LogP contribution in [0.4, 0.5) is 17.1 Å². The molecule has 2 aliphatic rings. The molecule has 0 spiro atoms. The quantitative estimate of drug-likeness (QED) is 0.162. The Morgan fingerprint density at radius 3 is 2.29 bits per heavy atom. The number of benzene rings is 4. The number of imide groups is 1. The van der Waals surface area contributed by atoms with E-state index < -0.39 is 29.0 Å². The Hall–Kier alpha value is -5.20. The topological polar surface area (TPSA) is 118 Å². The number of rotatable bonds is 8. The van der Waals surface area contributed by atoms with Gasteiger partial charge in [-0.15, -0.1) is 0 Å². The molecule has 49 heavy (non-hydrogen) atoms. The molecule has 1 saturated heterocycles. The molecule has 0 aliphatic carbocycles. The Balaban J connectivity index is 1.24. The summed E-state index contributed by atoms with van der Waals surface area (Å²) in [7, 11) is 3.86. The smallest absolute Gasteiger partial charge is 0.338 e. The van der Waals surface area contributed by atoms with Gasteiger partial charge in [0.05, 0.1) is 28.8 Å². The van der Waals surface area contributed by atoms with E-state index in [1.165, 1.54) is 21.6 Å². The molecule has 0 bridgehead atoms. The molecule has 0 radical (unpaired) electrons. The summed E-state index contributed by atoms with van der Waals surface area (Å²) in [5.74, 6) is -3.08. The number of ether oxygens (including phenoxy) is 1. The Morgan fingerprint density at radius 1 is 0.878 bits per heavy atom. The highest BCUT2D eigenvalue weighted by Crippen LogP contribution is 2.54. The molecule has 2 aliphatic heterocycles. The van der Waals surface area contributed by atoms with Crippen molar-refractivity contribution in [1.29, 1.82) is 0 Å². The molecular weight excluding hydrogens is 661 g/mol. The van der Waals surface area contributed by atoms with Gasteiger partial charge in [-0.2, -0.15) is 0 Å². The molecule has 1 aromatic heterocycles. The van der Waals surface area contributed by atoms with Gasteiger partial charge in [0.1, 0.15) is 11.8 Å². The number of carbonyl (C=O) groups is 4. The molecule has 12 heteroatoms. The second-order valence-corrected chi connectivity index (χ2v) is 14.2. The zero-order valence-corrected chi connectivity index (χ0v) is 28.5. The van der Waals surface area contributed by atoms with Crippen molar-refractivity contribution in [3.8, 4) is 0 Å². The number of anilines is 3. The Morgan fingerprint density at radius 2 is 1.59 bits per heavy atom. The number of esters is 1. The molecule has 3 amide bonds. The van der Waals surface area contributed by atoms with Gasteiger partial charge in [-0.1, -0.05) is 65.6 Å². The first-order valence-electron chi connectivity index (χ1n) is 15.8. The summed E-state index contributed by atoms with van der Waals surface area (Å²) in [5.41, 5.74) is 3.00. The number of aromatic nitrogens is 1. The van der Waals surface area contributed by atoms with E-state index in [0.29, 0.717) is 26.8 Å². The third kappa shape index (κ3) is 5.91. The SMILES string of the molecule is CCOC(=O)c1ccc(N2C(=O)[C@H]3[C@H](c4ccc(N(C)C)cc4)c4sc(=O)n(CC(=O)Nc5ccc6ccccc6c5)c4S[C@H]3C2=O)cc1. The highest BCUT2D eigenvalue weighted by atomic mass is 32.2. The molecular formula is C37H32N4O6S2. The third-order valence-corrected chi connectivity index (χ3v) is 11.4. The van der Waals surface area contributed by atoms with Crippen LogP contribution in [-0.4, -0.2) is 54.2 Å². The maximum absolute atomic E-state index is 14.3. The fourth-order valence-corrected chi connectivity index (χ4v) is 9.19. The van der Waals surface area contributed by atoms with Crippen LogP contribution in [0.25, 0.3) is 10.8 Å². The number of hydrogen-bond donors (Lipinski definition) is 1. The van der Waals surface area contributed by atoms with Crippen molar-refractivity contribution >= 4 is 74.6 Å². The predicted octanol–water partition coefficient (Wildman–Crippen LogP) is 5.74. The predicted molar refractivity (Wildman–Crippen MR) is 192 cm³/mol. The van der Waals surface area contributed by atoms with Crippen LogP contribution in [0.2, 0.25) is 0 Å². The fourth-order valence-electron chi connectivity index (χ4n) is 6.42. The molecule has 3 atom stereocenters. The molecule has 0 unspecified atom stereocenters. The molecule has 5 aromatic rings. The van der Waals surface area contributed by atoms with E-state index in [1.54, 1.807) is 19.1 Å². The summed E-state index contributed by atoms with van der Waals surface area (Å²) in [4.78, 5) is 71.0. The van der Waals surface area contributed by atoms with Crippen molar-refractivity contribution in [2.45, 2.75) is 29.7 Å². The van der Waals surface area contributed by atoms with Crippen LogP contribution >= 0.6 is 23.1 Å². The summed E-state index contributed by atoms with van der Waals surface area (Å²) in [6, 6.07) is 27.3. The molecule has 3 heterocycles. The molecule has 10 nitrogen and oxygen atoms in total. The summed E-state index contributed by atoms with van der Waals surface area (Å²) in [6.07, 6.45) is 0. The molecule has 7 rings (SSSR count). The Labute approximate surface area is 290 Å².